The van der Waals surface area contributed by atoms with Crippen molar-refractivity contribution in [1.82, 2.24) is 14.8 Å². The van der Waals surface area contributed by atoms with Gasteiger partial charge in [-0.15, -0.1) is 4.83 Å². The molecule has 0 spiro atoms. The Bertz CT molecular complexity index is 569. The van der Waals surface area contributed by atoms with Crippen molar-refractivity contribution in [3.05, 3.63) is 18.0 Å². The SMILES string of the molecule is COC(=O)c1cc(S(=O)(=O)NNC(C)(C)C)cn1C. The van der Waals surface area contributed by atoms with Gasteiger partial charge in [-0.25, -0.2) is 18.6 Å². The first-order valence-corrected chi connectivity index (χ1v) is 7.09. The van der Waals surface area contributed by atoms with Gasteiger partial charge in [0.25, 0.3) is 10.0 Å². The molecule has 0 bridgehead atoms. The number of aromatic nitrogens is 1. The Kier molecular flexibility index (Phi) is 4.39. The zero-order chi connectivity index (χ0) is 14.8. The summed E-state index contributed by atoms with van der Waals surface area (Å²) in [6.07, 6.45) is 1.35. The van der Waals surface area contributed by atoms with E-state index < -0.39 is 21.5 Å². The molecule has 0 fully saturated rings. The summed E-state index contributed by atoms with van der Waals surface area (Å²) in [5.41, 5.74) is 2.42. The van der Waals surface area contributed by atoms with Crippen molar-refractivity contribution in [3.63, 3.8) is 0 Å². The molecule has 1 rings (SSSR count). The average molecular weight is 289 g/mol. The first-order chi connectivity index (χ1) is 8.57. The summed E-state index contributed by atoms with van der Waals surface area (Å²) in [7, 11) is -0.916. The molecule has 0 aliphatic heterocycles. The second kappa shape index (κ2) is 5.32. The van der Waals surface area contributed by atoms with E-state index in [9.17, 15) is 13.2 Å². The molecule has 0 aromatic carbocycles. The van der Waals surface area contributed by atoms with Gasteiger partial charge < -0.3 is 9.30 Å². The Morgan fingerprint density at radius 2 is 1.95 bits per heavy atom. The van der Waals surface area contributed by atoms with Gasteiger partial charge in [0.1, 0.15) is 10.6 Å². The average Bonchev–Trinajstić information content (AvgIpc) is 2.68. The van der Waals surface area contributed by atoms with Crippen LogP contribution in [-0.4, -0.2) is 31.6 Å². The minimum Gasteiger partial charge on any atom is -0.464 e. The van der Waals surface area contributed by atoms with Crippen LogP contribution in [0, 0.1) is 0 Å². The van der Waals surface area contributed by atoms with Crippen LogP contribution in [0.3, 0.4) is 0 Å². The highest BCUT2D eigenvalue weighted by atomic mass is 32.2. The van der Waals surface area contributed by atoms with Gasteiger partial charge in [0.2, 0.25) is 0 Å². The quantitative estimate of drug-likeness (QED) is 0.618. The Hall–Kier alpha value is -1.38. The molecular formula is C11H19N3O4S. The number of sulfonamides is 1. The standard InChI is InChI=1S/C11H19N3O4S/c1-11(2,3)12-13-19(16,17)8-6-9(10(15)18-5)14(4)7-8/h6-7,12-13H,1-5H3. The summed E-state index contributed by atoms with van der Waals surface area (Å²) in [5.74, 6) is -0.590. The lowest BCUT2D eigenvalue weighted by Gasteiger charge is -2.20. The van der Waals surface area contributed by atoms with Crippen molar-refractivity contribution in [2.45, 2.75) is 31.2 Å². The number of aryl methyl sites for hydroxylation is 1. The monoisotopic (exact) mass is 289 g/mol. The molecule has 0 saturated carbocycles. The first-order valence-electron chi connectivity index (χ1n) is 5.60. The van der Waals surface area contributed by atoms with Gasteiger partial charge >= 0.3 is 5.97 Å². The summed E-state index contributed by atoms with van der Waals surface area (Å²) in [4.78, 5) is 13.7. The number of carbonyl (C=O) groups excluding carboxylic acids is 1. The molecule has 0 saturated heterocycles. The van der Waals surface area contributed by atoms with Gasteiger partial charge in [-0.2, -0.15) is 0 Å². The maximum absolute atomic E-state index is 12.0. The maximum Gasteiger partial charge on any atom is 0.354 e. The number of hydrogen-bond donors (Lipinski definition) is 2. The van der Waals surface area contributed by atoms with Crippen LogP contribution in [0.25, 0.3) is 0 Å². The minimum absolute atomic E-state index is 0.00727. The molecule has 0 amide bonds. The molecule has 0 radical (unpaired) electrons. The van der Waals surface area contributed by atoms with Crippen molar-refractivity contribution in [2.75, 3.05) is 7.11 Å². The fourth-order valence-electron chi connectivity index (χ4n) is 1.27. The highest BCUT2D eigenvalue weighted by Gasteiger charge is 2.22. The summed E-state index contributed by atoms with van der Waals surface area (Å²) >= 11 is 0. The lowest BCUT2D eigenvalue weighted by molar-refractivity contribution is 0.0590. The number of nitrogens with one attached hydrogen (secondary N) is 2. The van der Waals surface area contributed by atoms with E-state index in [1.807, 2.05) is 20.8 Å². The summed E-state index contributed by atoms with van der Waals surface area (Å²) in [6.45, 7) is 5.46. The summed E-state index contributed by atoms with van der Waals surface area (Å²) in [5, 5.41) is 0. The highest BCUT2D eigenvalue weighted by molar-refractivity contribution is 7.89. The molecule has 1 heterocycles. The smallest absolute Gasteiger partial charge is 0.354 e. The Morgan fingerprint density at radius 1 is 1.37 bits per heavy atom. The van der Waals surface area contributed by atoms with Crippen molar-refractivity contribution >= 4 is 16.0 Å². The fraction of sp³-hybridized carbons (Fsp3) is 0.545. The van der Waals surface area contributed by atoms with Crippen LogP contribution < -0.4 is 10.3 Å². The van der Waals surface area contributed by atoms with Gasteiger partial charge in [-0.3, -0.25) is 0 Å². The lowest BCUT2D eigenvalue weighted by Crippen LogP contribution is -2.48. The Labute approximate surface area is 113 Å². The van der Waals surface area contributed by atoms with Crippen LogP contribution in [0.5, 0.6) is 0 Å². The summed E-state index contributed by atoms with van der Waals surface area (Å²) < 4.78 is 30.0. The molecule has 108 valence electrons. The molecule has 0 unspecified atom stereocenters. The van der Waals surface area contributed by atoms with E-state index in [0.717, 1.165) is 0 Å². The van der Waals surface area contributed by atoms with E-state index in [1.165, 1.54) is 23.9 Å². The number of nitrogens with zero attached hydrogens (tertiary/aromatic N) is 1. The van der Waals surface area contributed by atoms with Gasteiger partial charge in [0.05, 0.1) is 7.11 Å². The normalized spacial score (nSPS) is 12.5. The maximum atomic E-state index is 12.0. The highest BCUT2D eigenvalue weighted by Crippen LogP contribution is 2.14. The molecule has 0 atom stereocenters. The first kappa shape index (κ1) is 15.7. The number of carbonyl (C=O) groups is 1. The lowest BCUT2D eigenvalue weighted by atomic mass is 10.1. The largest absolute Gasteiger partial charge is 0.464 e. The van der Waals surface area contributed by atoms with E-state index in [-0.39, 0.29) is 10.6 Å². The van der Waals surface area contributed by atoms with Crippen LogP contribution in [-0.2, 0) is 21.8 Å². The van der Waals surface area contributed by atoms with Gasteiger partial charge in [-0.1, -0.05) is 0 Å². The number of hydrazine groups is 1. The Balaban J connectivity index is 3.00. The van der Waals surface area contributed by atoms with Gasteiger partial charge in [0.15, 0.2) is 0 Å². The van der Waals surface area contributed by atoms with E-state index in [2.05, 4.69) is 15.0 Å². The van der Waals surface area contributed by atoms with Crippen LogP contribution in [0.4, 0.5) is 0 Å². The number of hydrogen-bond acceptors (Lipinski definition) is 5. The molecule has 19 heavy (non-hydrogen) atoms. The van der Waals surface area contributed by atoms with Crippen molar-refractivity contribution in [2.24, 2.45) is 7.05 Å². The van der Waals surface area contributed by atoms with Gasteiger partial charge in [0, 0.05) is 18.8 Å². The third kappa shape index (κ3) is 4.05. The van der Waals surface area contributed by atoms with Crippen molar-refractivity contribution in [3.8, 4) is 0 Å². The minimum atomic E-state index is -3.73. The number of methoxy groups -OCH3 is 1. The molecule has 2 N–H and O–H groups in total. The topological polar surface area (TPSA) is 89.4 Å². The summed E-state index contributed by atoms with van der Waals surface area (Å²) in [6, 6.07) is 1.26. The predicted octanol–water partition coefficient (Wildman–Crippen LogP) is 0.393. The number of ether oxygens (including phenoxy) is 1. The van der Waals surface area contributed by atoms with Crippen LogP contribution in [0.1, 0.15) is 31.3 Å². The predicted molar refractivity (Wildman–Crippen MR) is 70.0 cm³/mol. The van der Waals surface area contributed by atoms with Gasteiger partial charge in [-0.05, 0) is 26.8 Å². The van der Waals surface area contributed by atoms with Crippen LogP contribution in [0.2, 0.25) is 0 Å². The zero-order valence-corrected chi connectivity index (χ0v) is 12.5. The van der Waals surface area contributed by atoms with Crippen LogP contribution >= 0.6 is 0 Å². The molecule has 7 nitrogen and oxygen atoms in total. The number of rotatable bonds is 4. The third-order valence-corrected chi connectivity index (χ3v) is 3.46. The zero-order valence-electron chi connectivity index (χ0n) is 11.6. The second-order valence-corrected chi connectivity index (χ2v) is 6.83. The molecule has 1 aromatic rings. The van der Waals surface area contributed by atoms with E-state index >= 15 is 0 Å². The van der Waals surface area contributed by atoms with Crippen LogP contribution in [0.15, 0.2) is 17.2 Å². The molecular weight excluding hydrogens is 270 g/mol. The van der Waals surface area contributed by atoms with E-state index in [1.54, 1.807) is 7.05 Å². The fourth-order valence-corrected chi connectivity index (χ4v) is 2.39. The third-order valence-electron chi connectivity index (χ3n) is 2.25. The van der Waals surface area contributed by atoms with Crippen molar-refractivity contribution in [1.29, 1.82) is 0 Å². The van der Waals surface area contributed by atoms with E-state index in [4.69, 9.17) is 0 Å². The second-order valence-electron chi connectivity index (χ2n) is 5.14. The van der Waals surface area contributed by atoms with E-state index in [0.29, 0.717) is 0 Å². The Morgan fingerprint density at radius 3 is 2.42 bits per heavy atom. The molecule has 0 aliphatic rings. The van der Waals surface area contributed by atoms with Crippen molar-refractivity contribution < 1.29 is 17.9 Å². The molecule has 0 aliphatic carbocycles. The molecule has 8 heteroatoms. The molecule has 1 aromatic heterocycles. The number of esters is 1.